The van der Waals surface area contributed by atoms with Crippen LogP contribution in [0.2, 0.25) is 0 Å². The van der Waals surface area contributed by atoms with Crippen LogP contribution >= 0.6 is 12.6 Å². The molecular formula is C34H32N6S. The van der Waals surface area contributed by atoms with Crippen LogP contribution in [-0.2, 0) is 0 Å². The lowest BCUT2D eigenvalue weighted by molar-refractivity contribution is 1.01. The Bertz CT molecular complexity index is 1850. The standard InChI is InChI=1S/C34H32N6S/c1-22-17-25(39(16-4-12-35)32-9-13-36-19-29(32)24(3)41)5-7-27(22)28-8-6-26(18-23(28)2)40-33-10-14-37-20-30(33)31-21-38-15-11-34(31)40/h4-15,17-21,24,41H,16,35H2,1-3H3/b12-4-. The van der Waals surface area contributed by atoms with Crippen molar-refractivity contribution in [1.82, 2.24) is 19.5 Å². The molecule has 2 aromatic carbocycles. The molecule has 2 N–H and O–H groups in total. The van der Waals surface area contributed by atoms with Gasteiger partial charge in [0.15, 0.2) is 0 Å². The molecule has 1 atom stereocenters. The lowest BCUT2D eigenvalue weighted by atomic mass is 9.95. The average molecular weight is 557 g/mol. The summed E-state index contributed by atoms with van der Waals surface area (Å²) in [6, 6.07) is 19.5. The van der Waals surface area contributed by atoms with E-state index in [1.54, 1.807) is 6.20 Å². The number of hydrogen-bond donors (Lipinski definition) is 2. The SMILES string of the molecule is Cc1cc(N(C/C=C\N)c2ccncc2C(C)S)ccc1-c1ccc(-n2c3ccncc3c3cnccc32)cc1C. The van der Waals surface area contributed by atoms with E-state index < -0.39 is 0 Å². The summed E-state index contributed by atoms with van der Waals surface area (Å²) < 4.78 is 2.29. The van der Waals surface area contributed by atoms with Gasteiger partial charge in [0.25, 0.3) is 0 Å². The van der Waals surface area contributed by atoms with Crippen molar-refractivity contribution in [3.63, 3.8) is 0 Å². The van der Waals surface area contributed by atoms with E-state index in [9.17, 15) is 0 Å². The van der Waals surface area contributed by atoms with Crippen molar-refractivity contribution in [2.75, 3.05) is 11.4 Å². The number of aryl methyl sites for hydroxylation is 2. The molecule has 0 aliphatic carbocycles. The van der Waals surface area contributed by atoms with Gasteiger partial charge in [-0.2, -0.15) is 12.6 Å². The zero-order valence-corrected chi connectivity index (χ0v) is 24.3. The van der Waals surface area contributed by atoms with Gasteiger partial charge < -0.3 is 15.2 Å². The molecule has 41 heavy (non-hydrogen) atoms. The molecule has 6 nitrogen and oxygen atoms in total. The summed E-state index contributed by atoms with van der Waals surface area (Å²) in [6.45, 7) is 7.06. The number of aromatic nitrogens is 4. The second-order valence-electron chi connectivity index (χ2n) is 10.3. The fourth-order valence-electron chi connectivity index (χ4n) is 5.67. The van der Waals surface area contributed by atoms with Crippen LogP contribution in [0.15, 0.2) is 104 Å². The molecule has 0 saturated heterocycles. The van der Waals surface area contributed by atoms with E-state index in [0.717, 1.165) is 44.4 Å². The molecule has 0 bridgehead atoms. The van der Waals surface area contributed by atoms with E-state index >= 15 is 0 Å². The maximum atomic E-state index is 5.74. The first kappa shape index (κ1) is 26.6. The Morgan fingerprint density at radius 2 is 1.44 bits per heavy atom. The van der Waals surface area contributed by atoms with Crippen molar-refractivity contribution in [2.45, 2.75) is 26.0 Å². The molecule has 0 saturated carbocycles. The summed E-state index contributed by atoms with van der Waals surface area (Å²) in [7, 11) is 0. The second-order valence-corrected chi connectivity index (χ2v) is 11.0. The maximum Gasteiger partial charge on any atom is 0.0572 e. The topological polar surface area (TPSA) is 72.9 Å². The third-order valence-electron chi connectivity index (χ3n) is 7.64. The molecule has 0 aliphatic heterocycles. The summed E-state index contributed by atoms with van der Waals surface area (Å²) >= 11 is 4.70. The van der Waals surface area contributed by atoms with Gasteiger partial charge in [-0.1, -0.05) is 12.1 Å². The Labute approximate surface area is 245 Å². The van der Waals surface area contributed by atoms with Gasteiger partial charge in [-0.25, -0.2) is 0 Å². The van der Waals surface area contributed by atoms with Gasteiger partial charge in [0.05, 0.1) is 11.0 Å². The summed E-state index contributed by atoms with van der Waals surface area (Å²) in [5, 5.41) is 2.25. The molecule has 1 unspecified atom stereocenters. The van der Waals surface area contributed by atoms with Crippen molar-refractivity contribution in [3.8, 4) is 16.8 Å². The van der Waals surface area contributed by atoms with E-state index in [1.807, 2.05) is 49.3 Å². The van der Waals surface area contributed by atoms with E-state index in [0.29, 0.717) is 6.54 Å². The van der Waals surface area contributed by atoms with E-state index in [4.69, 9.17) is 18.4 Å². The van der Waals surface area contributed by atoms with Gasteiger partial charge in [0.2, 0.25) is 0 Å². The lowest BCUT2D eigenvalue weighted by Gasteiger charge is -2.27. The summed E-state index contributed by atoms with van der Waals surface area (Å²) in [6.07, 6.45) is 14.8. The number of pyridine rings is 3. The van der Waals surface area contributed by atoms with Crippen LogP contribution < -0.4 is 10.6 Å². The first-order valence-corrected chi connectivity index (χ1v) is 14.2. The van der Waals surface area contributed by atoms with Gasteiger partial charge in [-0.15, -0.1) is 0 Å². The number of nitrogens with zero attached hydrogens (tertiary/aromatic N) is 5. The van der Waals surface area contributed by atoms with Crippen LogP contribution in [0.25, 0.3) is 38.6 Å². The number of benzene rings is 2. The van der Waals surface area contributed by atoms with Crippen LogP contribution in [0.5, 0.6) is 0 Å². The highest BCUT2D eigenvalue weighted by Crippen LogP contribution is 2.37. The third-order valence-corrected chi connectivity index (χ3v) is 7.92. The molecule has 7 heteroatoms. The molecule has 4 aromatic heterocycles. The zero-order valence-electron chi connectivity index (χ0n) is 23.4. The molecule has 0 radical (unpaired) electrons. The Balaban J connectivity index is 1.41. The Morgan fingerprint density at radius 3 is 2.05 bits per heavy atom. The Hall–Kier alpha value is -4.62. The quantitative estimate of drug-likeness (QED) is 0.196. The van der Waals surface area contributed by atoms with E-state index in [1.165, 1.54) is 22.3 Å². The third kappa shape index (κ3) is 4.83. The fraction of sp³-hybridized carbons (Fsp3) is 0.147. The van der Waals surface area contributed by atoms with Crippen LogP contribution in [0, 0.1) is 13.8 Å². The van der Waals surface area contributed by atoms with Gasteiger partial charge in [-0.3, -0.25) is 15.0 Å². The summed E-state index contributed by atoms with van der Waals surface area (Å²) in [4.78, 5) is 15.3. The average Bonchev–Trinajstić information content (AvgIpc) is 3.32. The monoisotopic (exact) mass is 556 g/mol. The molecule has 6 aromatic rings. The molecule has 0 amide bonds. The zero-order chi connectivity index (χ0) is 28.5. The fourth-order valence-corrected chi connectivity index (χ4v) is 5.87. The molecule has 0 spiro atoms. The summed E-state index contributed by atoms with van der Waals surface area (Å²) in [5.74, 6) is 0. The Kier molecular flexibility index (Phi) is 7.20. The van der Waals surface area contributed by atoms with Gasteiger partial charge in [-0.05, 0) is 97.8 Å². The molecule has 0 fully saturated rings. The van der Waals surface area contributed by atoms with Crippen LogP contribution in [0.1, 0.15) is 28.9 Å². The largest absolute Gasteiger partial charge is 0.405 e. The first-order valence-electron chi connectivity index (χ1n) is 13.6. The highest BCUT2D eigenvalue weighted by Gasteiger charge is 2.18. The normalized spacial score (nSPS) is 12.4. The smallest absolute Gasteiger partial charge is 0.0572 e. The predicted molar refractivity (Wildman–Crippen MR) is 173 cm³/mol. The minimum atomic E-state index is 0.0478. The molecular weight excluding hydrogens is 524 g/mol. The highest BCUT2D eigenvalue weighted by atomic mass is 32.1. The lowest BCUT2D eigenvalue weighted by Crippen LogP contribution is -2.19. The van der Waals surface area contributed by atoms with Gasteiger partial charge in [0, 0.05) is 82.4 Å². The minimum absolute atomic E-state index is 0.0478. The van der Waals surface area contributed by atoms with Crippen LogP contribution in [0.4, 0.5) is 11.4 Å². The number of hydrogen-bond acceptors (Lipinski definition) is 6. The van der Waals surface area contributed by atoms with Crippen molar-refractivity contribution in [1.29, 1.82) is 0 Å². The Morgan fingerprint density at radius 1 is 0.829 bits per heavy atom. The van der Waals surface area contributed by atoms with E-state index in [2.05, 4.69) is 93.7 Å². The number of anilines is 2. The van der Waals surface area contributed by atoms with E-state index in [-0.39, 0.29) is 5.25 Å². The molecule has 4 heterocycles. The minimum Gasteiger partial charge on any atom is -0.405 e. The number of fused-ring (bicyclic) bond motifs is 3. The van der Waals surface area contributed by atoms with Crippen molar-refractivity contribution in [2.24, 2.45) is 5.73 Å². The van der Waals surface area contributed by atoms with Gasteiger partial charge in [0.1, 0.15) is 0 Å². The number of nitrogens with two attached hydrogens (primary N) is 1. The predicted octanol–water partition coefficient (Wildman–Crippen LogP) is 7.85. The maximum absolute atomic E-state index is 5.74. The first-order chi connectivity index (χ1) is 20.0. The van der Waals surface area contributed by atoms with Gasteiger partial charge >= 0.3 is 0 Å². The molecule has 0 aliphatic rings. The van der Waals surface area contributed by atoms with Crippen LogP contribution in [-0.4, -0.2) is 26.1 Å². The van der Waals surface area contributed by atoms with Crippen molar-refractivity contribution < 1.29 is 0 Å². The molecule has 204 valence electrons. The number of thiol groups is 1. The van der Waals surface area contributed by atoms with Crippen molar-refractivity contribution >= 4 is 45.8 Å². The second kappa shape index (κ2) is 11.1. The van der Waals surface area contributed by atoms with Crippen molar-refractivity contribution in [3.05, 3.63) is 121 Å². The number of rotatable bonds is 7. The summed E-state index contributed by atoms with van der Waals surface area (Å²) in [5.41, 5.74) is 17.2. The van der Waals surface area contributed by atoms with Crippen LogP contribution in [0.3, 0.4) is 0 Å². The molecule has 6 rings (SSSR count). The highest BCUT2D eigenvalue weighted by molar-refractivity contribution is 7.80.